The number of thiazole rings is 1. The standard InChI is InChI=1S/C18H20N4O4S/c1-3-24-13-6-5-12(11-14(13)25-4-2)17-21-16(26-22-17)8-7-15(23)20-18-19-9-10-27-18/h5-6,9-11H,3-4,7-8H2,1-2H3,(H,19,20,23). The van der Waals surface area contributed by atoms with Gasteiger partial charge in [0.25, 0.3) is 0 Å². The number of anilines is 1. The summed E-state index contributed by atoms with van der Waals surface area (Å²) in [5, 5.41) is 9.08. The van der Waals surface area contributed by atoms with Crippen molar-refractivity contribution >= 4 is 22.4 Å². The Balaban J connectivity index is 1.64. The number of rotatable bonds is 9. The first kappa shape index (κ1) is 18.8. The Morgan fingerprint density at radius 2 is 2.04 bits per heavy atom. The lowest BCUT2D eigenvalue weighted by Crippen LogP contribution is -2.12. The zero-order chi connectivity index (χ0) is 19.1. The van der Waals surface area contributed by atoms with Crippen LogP contribution in [0, 0.1) is 0 Å². The summed E-state index contributed by atoms with van der Waals surface area (Å²) >= 11 is 1.37. The van der Waals surface area contributed by atoms with Gasteiger partial charge in [-0.1, -0.05) is 5.16 Å². The fourth-order valence-corrected chi connectivity index (χ4v) is 2.90. The van der Waals surface area contributed by atoms with E-state index in [9.17, 15) is 4.79 Å². The molecule has 0 aliphatic rings. The van der Waals surface area contributed by atoms with Gasteiger partial charge in [0, 0.05) is 30.0 Å². The molecule has 0 radical (unpaired) electrons. The molecule has 0 bridgehead atoms. The Morgan fingerprint density at radius 1 is 1.22 bits per heavy atom. The van der Waals surface area contributed by atoms with Crippen LogP contribution in [0.25, 0.3) is 11.4 Å². The minimum atomic E-state index is -0.149. The normalized spacial score (nSPS) is 10.6. The van der Waals surface area contributed by atoms with Gasteiger partial charge in [0.2, 0.25) is 17.6 Å². The number of nitrogens with zero attached hydrogens (tertiary/aromatic N) is 3. The minimum absolute atomic E-state index is 0.149. The van der Waals surface area contributed by atoms with Crippen molar-refractivity contribution in [3.8, 4) is 22.9 Å². The summed E-state index contributed by atoms with van der Waals surface area (Å²) in [6.07, 6.45) is 2.21. The number of nitrogens with one attached hydrogen (secondary N) is 1. The molecule has 3 aromatic rings. The number of hydrogen-bond donors (Lipinski definition) is 1. The molecule has 0 aliphatic heterocycles. The number of amides is 1. The van der Waals surface area contributed by atoms with Crippen molar-refractivity contribution in [2.75, 3.05) is 18.5 Å². The van der Waals surface area contributed by atoms with Crippen LogP contribution in [0.2, 0.25) is 0 Å². The van der Waals surface area contributed by atoms with E-state index in [2.05, 4.69) is 20.4 Å². The molecule has 0 saturated carbocycles. The van der Waals surface area contributed by atoms with Crippen LogP contribution >= 0.6 is 11.3 Å². The summed E-state index contributed by atoms with van der Waals surface area (Å²) in [7, 11) is 0. The summed E-state index contributed by atoms with van der Waals surface area (Å²) < 4.78 is 16.4. The molecule has 3 rings (SSSR count). The molecule has 2 heterocycles. The number of aromatic nitrogens is 3. The summed E-state index contributed by atoms with van der Waals surface area (Å²) in [5.74, 6) is 1.99. The summed E-state index contributed by atoms with van der Waals surface area (Å²) in [5.41, 5.74) is 0.754. The van der Waals surface area contributed by atoms with Crippen molar-refractivity contribution < 1.29 is 18.8 Å². The molecule has 0 aliphatic carbocycles. The molecule has 1 aromatic carbocycles. The Bertz CT molecular complexity index is 879. The first-order valence-corrected chi connectivity index (χ1v) is 9.49. The highest BCUT2D eigenvalue weighted by atomic mass is 32.1. The second-order valence-corrected chi connectivity index (χ2v) is 6.32. The molecule has 0 fully saturated rings. The Kier molecular flexibility index (Phi) is 6.37. The van der Waals surface area contributed by atoms with E-state index in [0.717, 1.165) is 5.56 Å². The van der Waals surface area contributed by atoms with Gasteiger partial charge < -0.3 is 19.3 Å². The van der Waals surface area contributed by atoms with Crippen molar-refractivity contribution in [1.29, 1.82) is 0 Å². The van der Waals surface area contributed by atoms with Crippen molar-refractivity contribution in [2.24, 2.45) is 0 Å². The molecule has 0 unspecified atom stereocenters. The van der Waals surface area contributed by atoms with Crippen molar-refractivity contribution in [3.63, 3.8) is 0 Å². The van der Waals surface area contributed by atoms with Crippen LogP contribution in [0.5, 0.6) is 11.5 Å². The van der Waals surface area contributed by atoms with Crippen LogP contribution in [0.15, 0.2) is 34.3 Å². The molecule has 9 heteroatoms. The van der Waals surface area contributed by atoms with Gasteiger partial charge >= 0.3 is 0 Å². The van der Waals surface area contributed by atoms with Gasteiger partial charge in [0.05, 0.1) is 13.2 Å². The van der Waals surface area contributed by atoms with Gasteiger partial charge in [-0.3, -0.25) is 4.79 Å². The van der Waals surface area contributed by atoms with Gasteiger partial charge in [-0.25, -0.2) is 4.98 Å². The van der Waals surface area contributed by atoms with E-state index in [1.165, 1.54) is 11.3 Å². The Hall–Kier alpha value is -2.94. The summed E-state index contributed by atoms with van der Waals surface area (Å²) in [4.78, 5) is 20.3. The maximum absolute atomic E-state index is 11.9. The third kappa shape index (κ3) is 5.04. The number of benzene rings is 1. The monoisotopic (exact) mass is 388 g/mol. The molecule has 2 aromatic heterocycles. The van der Waals surface area contributed by atoms with Crippen LogP contribution in [0.4, 0.5) is 5.13 Å². The van der Waals surface area contributed by atoms with Gasteiger partial charge in [-0.15, -0.1) is 11.3 Å². The van der Waals surface area contributed by atoms with Gasteiger partial charge in [0.1, 0.15) is 0 Å². The molecule has 1 amide bonds. The fraction of sp³-hybridized carbons (Fsp3) is 0.333. The lowest BCUT2D eigenvalue weighted by molar-refractivity contribution is -0.116. The van der Waals surface area contributed by atoms with Crippen LogP contribution in [0.1, 0.15) is 26.2 Å². The zero-order valence-corrected chi connectivity index (χ0v) is 15.9. The number of carbonyl (C=O) groups is 1. The molecule has 27 heavy (non-hydrogen) atoms. The first-order chi connectivity index (χ1) is 13.2. The van der Waals surface area contributed by atoms with E-state index < -0.39 is 0 Å². The third-order valence-electron chi connectivity index (χ3n) is 3.51. The van der Waals surface area contributed by atoms with E-state index >= 15 is 0 Å². The Labute approximate surface area is 160 Å². The van der Waals surface area contributed by atoms with Gasteiger partial charge in [-0.05, 0) is 32.0 Å². The maximum Gasteiger partial charge on any atom is 0.227 e. The van der Waals surface area contributed by atoms with E-state index in [-0.39, 0.29) is 12.3 Å². The van der Waals surface area contributed by atoms with Crippen LogP contribution in [-0.4, -0.2) is 34.2 Å². The zero-order valence-electron chi connectivity index (χ0n) is 15.1. The summed E-state index contributed by atoms with van der Waals surface area (Å²) in [6, 6.07) is 5.48. The second-order valence-electron chi connectivity index (χ2n) is 5.42. The minimum Gasteiger partial charge on any atom is -0.490 e. The quantitative estimate of drug-likeness (QED) is 0.598. The topological polar surface area (TPSA) is 99.4 Å². The van der Waals surface area contributed by atoms with Crippen molar-refractivity contribution in [3.05, 3.63) is 35.7 Å². The number of hydrogen-bond acceptors (Lipinski definition) is 8. The fourth-order valence-electron chi connectivity index (χ4n) is 2.35. The lowest BCUT2D eigenvalue weighted by atomic mass is 10.2. The molecule has 0 atom stereocenters. The molecule has 0 saturated heterocycles. The van der Waals surface area contributed by atoms with Crippen LogP contribution < -0.4 is 14.8 Å². The predicted octanol–water partition coefficient (Wildman–Crippen LogP) is 3.56. The highest BCUT2D eigenvalue weighted by molar-refractivity contribution is 7.13. The molecule has 0 spiro atoms. The van der Waals surface area contributed by atoms with Crippen LogP contribution in [-0.2, 0) is 11.2 Å². The smallest absolute Gasteiger partial charge is 0.227 e. The van der Waals surface area contributed by atoms with Crippen LogP contribution in [0.3, 0.4) is 0 Å². The van der Waals surface area contributed by atoms with Gasteiger partial charge in [0.15, 0.2) is 16.6 Å². The maximum atomic E-state index is 11.9. The van der Waals surface area contributed by atoms with E-state index in [4.69, 9.17) is 14.0 Å². The molecule has 1 N–H and O–H groups in total. The highest BCUT2D eigenvalue weighted by Crippen LogP contribution is 2.32. The number of ether oxygens (including phenoxy) is 2. The molecule has 142 valence electrons. The average Bonchev–Trinajstić information content (AvgIpc) is 3.34. The molecule has 8 nitrogen and oxygen atoms in total. The molecular formula is C18H20N4O4S. The lowest BCUT2D eigenvalue weighted by Gasteiger charge is -2.11. The number of aryl methyl sites for hydroxylation is 1. The highest BCUT2D eigenvalue weighted by Gasteiger charge is 2.14. The third-order valence-corrected chi connectivity index (χ3v) is 4.20. The molecular weight excluding hydrogens is 368 g/mol. The van der Waals surface area contributed by atoms with E-state index in [1.54, 1.807) is 11.6 Å². The van der Waals surface area contributed by atoms with Crippen molar-refractivity contribution in [1.82, 2.24) is 15.1 Å². The first-order valence-electron chi connectivity index (χ1n) is 8.61. The average molecular weight is 388 g/mol. The Morgan fingerprint density at radius 3 is 2.78 bits per heavy atom. The van der Waals surface area contributed by atoms with Crippen molar-refractivity contribution in [2.45, 2.75) is 26.7 Å². The SMILES string of the molecule is CCOc1ccc(-c2noc(CCC(=O)Nc3nccs3)n2)cc1OCC. The predicted molar refractivity (Wildman–Crippen MR) is 101 cm³/mol. The van der Waals surface area contributed by atoms with Gasteiger partial charge in [-0.2, -0.15) is 4.98 Å². The van der Waals surface area contributed by atoms with E-state index in [0.29, 0.717) is 48.0 Å². The summed E-state index contributed by atoms with van der Waals surface area (Å²) in [6.45, 7) is 4.90. The van der Waals surface area contributed by atoms with E-state index in [1.807, 2.05) is 32.0 Å². The second kappa shape index (κ2) is 9.13. The largest absolute Gasteiger partial charge is 0.490 e. The number of carbonyl (C=O) groups excluding carboxylic acids is 1.